The van der Waals surface area contributed by atoms with Crippen molar-refractivity contribution in [3.05, 3.63) is 0 Å². The van der Waals surface area contributed by atoms with Crippen LogP contribution >= 0.6 is 23.1 Å². The van der Waals surface area contributed by atoms with Gasteiger partial charge < -0.3 is 10.6 Å². The van der Waals surface area contributed by atoms with Gasteiger partial charge in [-0.2, -0.15) is 0 Å². The lowest BCUT2D eigenvalue weighted by molar-refractivity contribution is 0.531. The summed E-state index contributed by atoms with van der Waals surface area (Å²) in [5.41, 5.74) is 0. The van der Waals surface area contributed by atoms with Crippen LogP contribution in [-0.4, -0.2) is 35.6 Å². The molecular formula is C8H14N4S2. The molecule has 6 heteroatoms. The molecule has 1 aliphatic rings. The summed E-state index contributed by atoms with van der Waals surface area (Å²) in [7, 11) is 1.87. The van der Waals surface area contributed by atoms with Gasteiger partial charge in [0, 0.05) is 18.8 Å². The van der Waals surface area contributed by atoms with E-state index in [1.165, 1.54) is 12.8 Å². The van der Waals surface area contributed by atoms with E-state index < -0.39 is 0 Å². The molecule has 0 amide bonds. The van der Waals surface area contributed by atoms with Crippen molar-refractivity contribution in [1.82, 2.24) is 15.5 Å². The van der Waals surface area contributed by atoms with Crippen LogP contribution in [0.4, 0.5) is 5.13 Å². The minimum Gasteiger partial charge on any atom is -0.363 e. The number of hydrogen-bond acceptors (Lipinski definition) is 6. The van der Waals surface area contributed by atoms with Gasteiger partial charge in [0.1, 0.15) is 0 Å². The molecule has 0 aliphatic carbocycles. The third kappa shape index (κ3) is 2.59. The summed E-state index contributed by atoms with van der Waals surface area (Å²) in [6.45, 7) is 2.26. The second kappa shape index (κ2) is 4.95. The summed E-state index contributed by atoms with van der Waals surface area (Å²) in [6, 6.07) is 0. The standard InChI is InChI=1S/C8H14N4S2/c1-9-7-11-12-8(14-7)13-6-3-2-4-10-5-6/h6,10H,2-5H2,1H3,(H,9,11). The second-order valence-corrected chi connectivity index (χ2v) is 5.73. The van der Waals surface area contributed by atoms with E-state index in [4.69, 9.17) is 0 Å². The summed E-state index contributed by atoms with van der Waals surface area (Å²) in [5, 5.41) is 16.1. The van der Waals surface area contributed by atoms with E-state index in [1.807, 2.05) is 18.8 Å². The van der Waals surface area contributed by atoms with Gasteiger partial charge in [0.25, 0.3) is 0 Å². The number of hydrogen-bond donors (Lipinski definition) is 2. The van der Waals surface area contributed by atoms with Crippen LogP contribution in [0.15, 0.2) is 4.34 Å². The zero-order chi connectivity index (χ0) is 9.80. The molecule has 4 nitrogen and oxygen atoms in total. The van der Waals surface area contributed by atoms with Gasteiger partial charge in [0.05, 0.1) is 0 Å². The molecule has 1 fully saturated rings. The predicted molar refractivity (Wildman–Crippen MR) is 61.2 cm³/mol. The maximum Gasteiger partial charge on any atom is 0.206 e. The zero-order valence-corrected chi connectivity index (χ0v) is 9.75. The Balaban J connectivity index is 1.89. The number of aromatic nitrogens is 2. The molecule has 2 heterocycles. The lowest BCUT2D eigenvalue weighted by Gasteiger charge is -2.20. The highest BCUT2D eigenvalue weighted by Crippen LogP contribution is 2.31. The molecule has 1 saturated heterocycles. The molecule has 1 aliphatic heterocycles. The van der Waals surface area contributed by atoms with Crippen molar-refractivity contribution in [2.75, 3.05) is 25.5 Å². The fourth-order valence-electron chi connectivity index (χ4n) is 1.42. The molecule has 0 saturated carbocycles. The van der Waals surface area contributed by atoms with Crippen LogP contribution < -0.4 is 10.6 Å². The van der Waals surface area contributed by atoms with Crippen molar-refractivity contribution >= 4 is 28.2 Å². The van der Waals surface area contributed by atoms with Gasteiger partial charge in [-0.15, -0.1) is 10.2 Å². The highest BCUT2D eigenvalue weighted by Gasteiger charge is 2.16. The molecule has 0 bridgehead atoms. The molecule has 0 aromatic carbocycles. The summed E-state index contributed by atoms with van der Waals surface area (Å²) in [6.07, 6.45) is 2.56. The van der Waals surface area contributed by atoms with Crippen molar-refractivity contribution < 1.29 is 0 Å². The van der Waals surface area contributed by atoms with Crippen LogP contribution in [0.1, 0.15) is 12.8 Å². The Labute approximate surface area is 91.9 Å². The first kappa shape index (κ1) is 10.2. The molecule has 1 aromatic heterocycles. The van der Waals surface area contributed by atoms with E-state index in [0.29, 0.717) is 5.25 Å². The largest absolute Gasteiger partial charge is 0.363 e. The summed E-state index contributed by atoms with van der Waals surface area (Å²) >= 11 is 3.47. The smallest absolute Gasteiger partial charge is 0.206 e. The van der Waals surface area contributed by atoms with Gasteiger partial charge in [0.15, 0.2) is 4.34 Å². The molecular weight excluding hydrogens is 216 g/mol. The monoisotopic (exact) mass is 230 g/mol. The summed E-state index contributed by atoms with van der Waals surface area (Å²) in [5.74, 6) is 0. The van der Waals surface area contributed by atoms with Crippen molar-refractivity contribution in [2.24, 2.45) is 0 Å². The van der Waals surface area contributed by atoms with E-state index in [1.54, 1.807) is 11.3 Å². The maximum atomic E-state index is 4.12. The molecule has 1 aromatic rings. The second-order valence-electron chi connectivity index (χ2n) is 3.21. The molecule has 14 heavy (non-hydrogen) atoms. The van der Waals surface area contributed by atoms with Crippen LogP contribution in [0.5, 0.6) is 0 Å². The Kier molecular flexibility index (Phi) is 3.61. The number of anilines is 1. The van der Waals surface area contributed by atoms with E-state index in [9.17, 15) is 0 Å². The number of nitrogens with zero attached hydrogens (tertiary/aromatic N) is 2. The Morgan fingerprint density at radius 1 is 1.57 bits per heavy atom. The summed E-state index contributed by atoms with van der Waals surface area (Å²) < 4.78 is 1.07. The number of rotatable bonds is 3. The molecule has 78 valence electrons. The van der Waals surface area contributed by atoms with Crippen LogP contribution in [-0.2, 0) is 0 Å². The lowest BCUT2D eigenvalue weighted by atomic mass is 10.2. The first-order chi connectivity index (χ1) is 6.88. The average Bonchev–Trinajstić information content (AvgIpc) is 2.67. The minimum absolute atomic E-state index is 0.668. The maximum absolute atomic E-state index is 4.12. The Bertz CT molecular complexity index is 283. The molecule has 2 N–H and O–H groups in total. The first-order valence-electron chi connectivity index (χ1n) is 4.77. The van der Waals surface area contributed by atoms with E-state index in [-0.39, 0.29) is 0 Å². The van der Waals surface area contributed by atoms with Crippen LogP contribution in [0, 0.1) is 0 Å². The first-order valence-corrected chi connectivity index (χ1v) is 6.47. The lowest BCUT2D eigenvalue weighted by Crippen LogP contribution is -2.31. The SMILES string of the molecule is CNc1nnc(SC2CCCNC2)s1. The number of thioether (sulfide) groups is 1. The minimum atomic E-state index is 0.668. The number of nitrogens with one attached hydrogen (secondary N) is 2. The normalized spacial score (nSPS) is 22.2. The van der Waals surface area contributed by atoms with E-state index in [0.717, 1.165) is 22.6 Å². The van der Waals surface area contributed by atoms with Gasteiger partial charge in [-0.25, -0.2) is 0 Å². The topological polar surface area (TPSA) is 49.8 Å². The van der Waals surface area contributed by atoms with Crippen molar-refractivity contribution in [1.29, 1.82) is 0 Å². The van der Waals surface area contributed by atoms with E-state index in [2.05, 4.69) is 20.8 Å². The molecule has 2 rings (SSSR count). The third-order valence-corrected chi connectivity index (χ3v) is 4.43. The van der Waals surface area contributed by atoms with Crippen molar-refractivity contribution in [3.63, 3.8) is 0 Å². The van der Waals surface area contributed by atoms with Crippen LogP contribution in [0.25, 0.3) is 0 Å². The van der Waals surface area contributed by atoms with Crippen LogP contribution in [0.3, 0.4) is 0 Å². The highest BCUT2D eigenvalue weighted by atomic mass is 32.2. The van der Waals surface area contributed by atoms with Gasteiger partial charge in [-0.05, 0) is 19.4 Å². The zero-order valence-electron chi connectivity index (χ0n) is 8.12. The number of piperidine rings is 1. The van der Waals surface area contributed by atoms with Gasteiger partial charge >= 0.3 is 0 Å². The Hall–Kier alpha value is -0.330. The fraction of sp³-hybridized carbons (Fsp3) is 0.750. The van der Waals surface area contributed by atoms with Gasteiger partial charge in [0.2, 0.25) is 5.13 Å². The van der Waals surface area contributed by atoms with Gasteiger partial charge in [-0.1, -0.05) is 23.1 Å². The molecule has 1 unspecified atom stereocenters. The third-order valence-electron chi connectivity index (χ3n) is 2.14. The van der Waals surface area contributed by atoms with Crippen molar-refractivity contribution in [3.8, 4) is 0 Å². The van der Waals surface area contributed by atoms with Gasteiger partial charge in [-0.3, -0.25) is 0 Å². The molecule has 0 spiro atoms. The Morgan fingerprint density at radius 3 is 3.14 bits per heavy atom. The molecule has 0 radical (unpaired) electrons. The highest BCUT2D eigenvalue weighted by molar-refractivity contribution is 8.01. The molecule has 1 atom stereocenters. The average molecular weight is 230 g/mol. The fourth-order valence-corrected chi connectivity index (χ4v) is 3.55. The quantitative estimate of drug-likeness (QED) is 0.822. The predicted octanol–water partition coefficient (Wildman–Crippen LogP) is 1.42. The van der Waals surface area contributed by atoms with E-state index >= 15 is 0 Å². The Morgan fingerprint density at radius 2 is 2.50 bits per heavy atom. The van der Waals surface area contributed by atoms with Crippen LogP contribution in [0.2, 0.25) is 0 Å². The summed E-state index contributed by atoms with van der Waals surface area (Å²) in [4.78, 5) is 0. The van der Waals surface area contributed by atoms with Crippen molar-refractivity contribution in [2.45, 2.75) is 22.4 Å².